The Morgan fingerprint density at radius 3 is 2.00 bits per heavy atom. The van der Waals surface area contributed by atoms with Gasteiger partial charge in [-0.2, -0.15) is 0 Å². The zero-order chi connectivity index (χ0) is 29.6. The van der Waals surface area contributed by atoms with Crippen molar-refractivity contribution in [2.24, 2.45) is 0 Å². The zero-order valence-electron chi connectivity index (χ0n) is 23.9. The van der Waals surface area contributed by atoms with E-state index in [1.54, 1.807) is 37.3 Å². The molecule has 0 fully saturated rings. The molecule has 0 aliphatic carbocycles. The first kappa shape index (κ1) is 31.2. The Morgan fingerprint density at radius 2 is 1.48 bits per heavy atom. The van der Waals surface area contributed by atoms with Gasteiger partial charge >= 0.3 is 0 Å². The Labute approximate surface area is 243 Å². The van der Waals surface area contributed by atoms with Gasteiger partial charge in [0.2, 0.25) is 11.8 Å². The molecule has 214 valence electrons. The minimum atomic E-state index is -4.14. The lowest BCUT2D eigenvalue weighted by atomic mass is 10.1. The number of sulfonamides is 1. The van der Waals surface area contributed by atoms with Gasteiger partial charge < -0.3 is 10.2 Å². The van der Waals surface area contributed by atoms with Crippen LogP contribution in [0.25, 0.3) is 0 Å². The number of carbonyl (C=O) groups excluding carboxylic acids is 2. The van der Waals surface area contributed by atoms with E-state index in [1.165, 1.54) is 17.0 Å². The number of nitrogens with one attached hydrogen (secondary N) is 1. The Hall–Kier alpha value is -3.36. The van der Waals surface area contributed by atoms with E-state index >= 15 is 0 Å². The van der Waals surface area contributed by atoms with Gasteiger partial charge in [-0.3, -0.25) is 13.9 Å². The molecule has 3 aromatic carbocycles. The number of anilines is 1. The third kappa shape index (κ3) is 7.64. The molecule has 0 bridgehead atoms. The molecule has 1 atom stereocenters. The van der Waals surface area contributed by atoms with E-state index in [9.17, 15) is 18.0 Å². The highest BCUT2D eigenvalue weighted by Gasteiger charge is 2.34. The van der Waals surface area contributed by atoms with E-state index in [1.807, 2.05) is 58.9 Å². The maximum Gasteiger partial charge on any atom is 0.264 e. The van der Waals surface area contributed by atoms with Gasteiger partial charge in [0.05, 0.1) is 10.6 Å². The summed E-state index contributed by atoms with van der Waals surface area (Å²) >= 11 is 6.18. The fraction of sp³-hybridized carbons (Fsp3) is 0.355. The minimum absolute atomic E-state index is 0.0647. The van der Waals surface area contributed by atoms with E-state index in [0.29, 0.717) is 22.7 Å². The molecule has 0 saturated heterocycles. The lowest BCUT2D eigenvalue weighted by molar-refractivity contribution is -0.140. The second kappa shape index (κ2) is 13.3. The van der Waals surface area contributed by atoms with Crippen LogP contribution in [0.5, 0.6) is 0 Å². The van der Waals surface area contributed by atoms with Gasteiger partial charge in [-0.15, -0.1) is 0 Å². The molecule has 2 amide bonds. The molecule has 0 aliphatic heterocycles. The monoisotopic (exact) mass is 583 g/mol. The molecule has 0 spiro atoms. The topological polar surface area (TPSA) is 86.8 Å². The molecule has 1 N–H and O–H groups in total. The van der Waals surface area contributed by atoms with Crippen LogP contribution in [0.4, 0.5) is 5.69 Å². The number of nitrogens with zero attached hydrogens (tertiary/aromatic N) is 2. The van der Waals surface area contributed by atoms with Crippen LogP contribution in [0, 0.1) is 20.8 Å². The summed E-state index contributed by atoms with van der Waals surface area (Å²) in [5.41, 5.74) is 3.76. The number of aryl methyl sites for hydroxylation is 3. The minimum Gasteiger partial charge on any atom is -0.352 e. The molecule has 0 aromatic heterocycles. The first-order valence-electron chi connectivity index (χ1n) is 13.3. The van der Waals surface area contributed by atoms with Gasteiger partial charge in [-0.25, -0.2) is 8.42 Å². The number of carbonyl (C=O) groups is 2. The van der Waals surface area contributed by atoms with Gasteiger partial charge in [0.25, 0.3) is 10.0 Å². The highest BCUT2D eigenvalue weighted by atomic mass is 35.5. The van der Waals surface area contributed by atoms with Crippen molar-refractivity contribution in [3.63, 3.8) is 0 Å². The molecule has 40 heavy (non-hydrogen) atoms. The van der Waals surface area contributed by atoms with Crippen molar-refractivity contribution in [1.82, 2.24) is 10.2 Å². The van der Waals surface area contributed by atoms with Crippen LogP contribution in [-0.2, 0) is 26.2 Å². The Balaban J connectivity index is 2.09. The third-order valence-corrected chi connectivity index (χ3v) is 8.61. The van der Waals surface area contributed by atoms with Crippen LogP contribution in [-0.4, -0.2) is 43.8 Å². The predicted octanol–water partition coefficient (Wildman–Crippen LogP) is 5.79. The van der Waals surface area contributed by atoms with E-state index in [0.717, 1.165) is 21.0 Å². The van der Waals surface area contributed by atoms with Gasteiger partial charge in [-0.1, -0.05) is 66.0 Å². The second-order valence-corrected chi connectivity index (χ2v) is 12.6. The van der Waals surface area contributed by atoms with Gasteiger partial charge in [-0.05, 0) is 82.5 Å². The van der Waals surface area contributed by atoms with E-state index in [-0.39, 0.29) is 23.4 Å². The number of hydrogen-bond donors (Lipinski definition) is 1. The number of hydrogen-bond acceptors (Lipinski definition) is 4. The van der Waals surface area contributed by atoms with Gasteiger partial charge in [0.1, 0.15) is 12.6 Å². The number of amides is 2. The van der Waals surface area contributed by atoms with Crippen molar-refractivity contribution in [2.45, 2.75) is 71.5 Å². The Morgan fingerprint density at radius 1 is 0.900 bits per heavy atom. The fourth-order valence-electron chi connectivity index (χ4n) is 4.44. The molecule has 0 heterocycles. The summed E-state index contributed by atoms with van der Waals surface area (Å²) in [6, 6.07) is 18.2. The molecule has 0 radical (unpaired) electrons. The van der Waals surface area contributed by atoms with E-state index in [4.69, 9.17) is 11.6 Å². The van der Waals surface area contributed by atoms with Crippen LogP contribution in [0.1, 0.15) is 49.4 Å². The van der Waals surface area contributed by atoms with Crippen molar-refractivity contribution in [1.29, 1.82) is 0 Å². The number of halogens is 1. The summed E-state index contributed by atoms with van der Waals surface area (Å²) in [5, 5.41) is 3.36. The molecular formula is C31H38ClN3O4S. The van der Waals surface area contributed by atoms with Gasteiger partial charge in [0.15, 0.2) is 0 Å². The summed E-state index contributed by atoms with van der Waals surface area (Å²) in [7, 11) is -4.14. The quantitative estimate of drug-likeness (QED) is 0.309. The molecule has 0 aliphatic rings. The van der Waals surface area contributed by atoms with Crippen molar-refractivity contribution in [3.05, 3.63) is 94.0 Å². The smallest absolute Gasteiger partial charge is 0.264 e. The Kier molecular flexibility index (Phi) is 10.4. The van der Waals surface area contributed by atoms with Crippen LogP contribution in [0.2, 0.25) is 5.02 Å². The van der Waals surface area contributed by atoms with E-state index < -0.39 is 28.5 Å². The molecule has 0 saturated carbocycles. The second-order valence-electron chi connectivity index (χ2n) is 10.4. The average Bonchev–Trinajstić information content (AvgIpc) is 2.88. The summed E-state index contributed by atoms with van der Waals surface area (Å²) in [6.07, 6.45) is 0.362. The van der Waals surface area contributed by atoms with Crippen molar-refractivity contribution in [3.8, 4) is 0 Å². The average molecular weight is 584 g/mol. The van der Waals surface area contributed by atoms with Crippen LogP contribution >= 0.6 is 11.6 Å². The largest absolute Gasteiger partial charge is 0.352 e. The standard InChI is InChI=1S/C31H38ClN3O4S/c1-7-28(31(37)33-21(2)3)34(19-25-12-8-22(4)9-13-25)30(36)20-35(29-17-14-26(32)18-24(29)6)40(38,39)27-15-10-23(5)11-16-27/h8-18,21,28H,7,19-20H2,1-6H3,(H,33,37)/t28-/m1/s1. The highest BCUT2D eigenvalue weighted by Crippen LogP contribution is 2.29. The molecule has 7 nitrogen and oxygen atoms in total. The fourth-order valence-corrected chi connectivity index (χ4v) is 6.15. The molecule has 3 rings (SSSR count). The molecular weight excluding hydrogens is 546 g/mol. The number of rotatable bonds is 11. The Bertz CT molecular complexity index is 1440. The summed E-state index contributed by atoms with van der Waals surface area (Å²) in [5.74, 6) is -0.773. The summed E-state index contributed by atoms with van der Waals surface area (Å²) in [4.78, 5) is 28.9. The van der Waals surface area contributed by atoms with Gasteiger partial charge in [0, 0.05) is 17.6 Å². The van der Waals surface area contributed by atoms with Crippen molar-refractivity contribution >= 4 is 39.1 Å². The van der Waals surface area contributed by atoms with E-state index in [2.05, 4.69) is 5.32 Å². The predicted molar refractivity (Wildman–Crippen MR) is 161 cm³/mol. The molecule has 3 aromatic rings. The van der Waals surface area contributed by atoms with Crippen LogP contribution in [0.15, 0.2) is 71.6 Å². The number of benzene rings is 3. The first-order valence-corrected chi connectivity index (χ1v) is 15.2. The van der Waals surface area contributed by atoms with Crippen LogP contribution in [0.3, 0.4) is 0 Å². The molecule has 9 heteroatoms. The summed E-state index contributed by atoms with van der Waals surface area (Å²) in [6.45, 7) is 10.8. The zero-order valence-corrected chi connectivity index (χ0v) is 25.5. The van der Waals surface area contributed by atoms with Crippen LogP contribution < -0.4 is 9.62 Å². The summed E-state index contributed by atoms with van der Waals surface area (Å²) < 4.78 is 29.1. The molecule has 0 unspecified atom stereocenters. The maximum atomic E-state index is 14.1. The lowest BCUT2D eigenvalue weighted by Gasteiger charge is -2.34. The van der Waals surface area contributed by atoms with Crippen molar-refractivity contribution in [2.75, 3.05) is 10.8 Å². The normalized spacial score (nSPS) is 12.2. The third-order valence-electron chi connectivity index (χ3n) is 6.61. The highest BCUT2D eigenvalue weighted by molar-refractivity contribution is 7.92. The van der Waals surface area contributed by atoms with Crippen molar-refractivity contribution < 1.29 is 18.0 Å². The lowest BCUT2D eigenvalue weighted by Crippen LogP contribution is -2.53. The first-order chi connectivity index (χ1) is 18.8. The maximum absolute atomic E-state index is 14.1. The SMILES string of the molecule is CC[C@H](C(=O)NC(C)C)N(Cc1ccc(C)cc1)C(=O)CN(c1ccc(Cl)cc1C)S(=O)(=O)c1ccc(C)cc1.